The summed E-state index contributed by atoms with van der Waals surface area (Å²) in [6, 6.07) is 19.2. The molecule has 0 fully saturated rings. The van der Waals surface area contributed by atoms with Crippen LogP contribution < -0.4 is 5.32 Å². The van der Waals surface area contributed by atoms with E-state index in [2.05, 4.69) is 58.8 Å². The summed E-state index contributed by atoms with van der Waals surface area (Å²) in [6.45, 7) is 1.89. The molecule has 0 spiro atoms. The van der Waals surface area contributed by atoms with Crippen molar-refractivity contribution in [3.63, 3.8) is 0 Å². The lowest BCUT2D eigenvalue weighted by Crippen LogP contribution is -2.14. The highest BCUT2D eigenvalue weighted by Crippen LogP contribution is 2.21. The maximum Gasteiger partial charge on any atom is 0.157 e. The zero-order chi connectivity index (χ0) is 12.9. The van der Waals surface area contributed by atoms with Crippen LogP contribution in [0.1, 0.15) is 5.56 Å². The predicted molar refractivity (Wildman–Crippen MR) is 90.7 cm³/mol. The molecule has 0 aliphatic carbocycles. The van der Waals surface area contributed by atoms with Gasteiger partial charge in [-0.2, -0.15) is 0 Å². The minimum atomic E-state index is 0. The first-order valence-electron chi connectivity index (χ1n) is 6.47. The number of thioether (sulfide) groups is 1. The van der Waals surface area contributed by atoms with Gasteiger partial charge < -0.3 is 5.32 Å². The number of aliphatic imine (C=N–C) groups is 1. The van der Waals surface area contributed by atoms with E-state index in [1.165, 1.54) is 16.7 Å². The number of halogens is 1. The zero-order valence-electron chi connectivity index (χ0n) is 11.1. The lowest BCUT2D eigenvalue weighted by molar-refractivity contribution is 0.963. The Labute approximate surface area is 130 Å². The van der Waals surface area contributed by atoms with Crippen LogP contribution in [0, 0.1) is 0 Å². The van der Waals surface area contributed by atoms with Crippen LogP contribution in [0.4, 0.5) is 0 Å². The Morgan fingerprint density at radius 2 is 1.65 bits per heavy atom. The highest BCUT2D eigenvalue weighted by Gasteiger charge is 2.05. The van der Waals surface area contributed by atoms with Gasteiger partial charge in [0.15, 0.2) is 5.17 Å². The fourth-order valence-electron chi connectivity index (χ4n) is 2.05. The van der Waals surface area contributed by atoms with Crippen molar-refractivity contribution in [3.8, 4) is 11.1 Å². The summed E-state index contributed by atoms with van der Waals surface area (Å²) in [4.78, 5) is 4.38. The molecular formula is C16H17ClN2S. The zero-order valence-corrected chi connectivity index (χ0v) is 12.7. The minimum Gasteiger partial charge on any atom is -0.363 e. The van der Waals surface area contributed by atoms with Crippen LogP contribution in [-0.2, 0) is 5.75 Å². The molecule has 0 bridgehead atoms. The van der Waals surface area contributed by atoms with Gasteiger partial charge in [0.25, 0.3) is 0 Å². The predicted octanol–water partition coefficient (Wildman–Crippen LogP) is 3.97. The van der Waals surface area contributed by atoms with E-state index in [0.717, 1.165) is 24.0 Å². The fraction of sp³-hybridized carbons (Fsp3) is 0.188. The molecule has 0 atom stereocenters. The highest BCUT2D eigenvalue weighted by atomic mass is 35.5. The Bertz CT molecular complexity index is 567. The molecular weight excluding hydrogens is 288 g/mol. The third-order valence-electron chi connectivity index (χ3n) is 3.08. The monoisotopic (exact) mass is 304 g/mol. The van der Waals surface area contributed by atoms with Gasteiger partial charge in [0.2, 0.25) is 0 Å². The molecule has 2 nitrogen and oxygen atoms in total. The first kappa shape index (κ1) is 14.9. The van der Waals surface area contributed by atoms with Crippen molar-refractivity contribution in [1.82, 2.24) is 5.32 Å². The van der Waals surface area contributed by atoms with E-state index in [4.69, 9.17) is 0 Å². The Morgan fingerprint density at radius 3 is 2.30 bits per heavy atom. The molecule has 104 valence electrons. The molecule has 4 heteroatoms. The molecule has 0 amide bonds. The normalized spacial score (nSPS) is 13.3. The largest absolute Gasteiger partial charge is 0.363 e. The van der Waals surface area contributed by atoms with Crippen LogP contribution in [0.5, 0.6) is 0 Å². The first-order valence-corrected chi connectivity index (χ1v) is 7.46. The van der Waals surface area contributed by atoms with E-state index in [0.29, 0.717) is 0 Å². The molecule has 2 aromatic rings. The van der Waals surface area contributed by atoms with E-state index in [1.54, 1.807) is 11.8 Å². The highest BCUT2D eigenvalue weighted by molar-refractivity contribution is 8.13. The second-order valence-electron chi connectivity index (χ2n) is 4.47. The molecule has 1 N–H and O–H groups in total. The van der Waals surface area contributed by atoms with Crippen molar-refractivity contribution in [3.05, 3.63) is 60.2 Å². The lowest BCUT2D eigenvalue weighted by Gasteiger charge is -2.05. The number of hydrogen-bond donors (Lipinski definition) is 1. The summed E-state index contributed by atoms with van der Waals surface area (Å²) < 4.78 is 0. The van der Waals surface area contributed by atoms with Crippen LogP contribution in [-0.4, -0.2) is 18.3 Å². The second-order valence-corrected chi connectivity index (χ2v) is 5.43. The molecule has 0 radical (unpaired) electrons. The summed E-state index contributed by atoms with van der Waals surface area (Å²) >= 11 is 1.78. The van der Waals surface area contributed by atoms with Gasteiger partial charge in [0.05, 0.1) is 6.54 Å². The average molecular weight is 305 g/mol. The molecule has 0 saturated heterocycles. The number of benzene rings is 2. The molecule has 20 heavy (non-hydrogen) atoms. The standard InChI is InChI=1S/C16H16N2S.ClH/c1-2-4-14(5-3-1)15-8-6-13(7-9-15)12-19-16-17-10-11-18-16;/h1-9H,10-12H2,(H,17,18);1H. The quantitative estimate of drug-likeness (QED) is 0.928. The molecule has 1 aliphatic rings. The van der Waals surface area contributed by atoms with Crippen molar-refractivity contribution in [1.29, 1.82) is 0 Å². The van der Waals surface area contributed by atoms with Crippen molar-refractivity contribution in [2.75, 3.05) is 13.1 Å². The molecule has 1 heterocycles. The maximum absolute atomic E-state index is 4.38. The van der Waals surface area contributed by atoms with E-state index in [-0.39, 0.29) is 12.4 Å². The smallest absolute Gasteiger partial charge is 0.157 e. The van der Waals surface area contributed by atoms with Crippen molar-refractivity contribution >= 4 is 29.3 Å². The van der Waals surface area contributed by atoms with E-state index in [9.17, 15) is 0 Å². The van der Waals surface area contributed by atoms with E-state index < -0.39 is 0 Å². The minimum absolute atomic E-state index is 0. The van der Waals surface area contributed by atoms with Crippen molar-refractivity contribution in [2.45, 2.75) is 5.75 Å². The SMILES string of the molecule is Cl.c1ccc(-c2ccc(CSC3=NCCN3)cc2)cc1. The fourth-order valence-corrected chi connectivity index (χ4v) is 2.93. The van der Waals surface area contributed by atoms with Crippen molar-refractivity contribution in [2.24, 2.45) is 4.99 Å². The van der Waals surface area contributed by atoms with Crippen molar-refractivity contribution < 1.29 is 0 Å². The Balaban J connectivity index is 0.00000147. The van der Waals surface area contributed by atoms with Crippen LogP contribution in [0.3, 0.4) is 0 Å². The summed E-state index contributed by atoms with van der Waals surface area (Å²) in [7, 11) is 0. The van der Waals surface area contributed by atoms with Gasteiger partial charge in [-0.15, -0.1) is 12.4 Å². The summed E-state index contributed by atoms with van der Waals surface area (Å²) in [5.74, 6) is 0.973. The van der Waals surface area contributed by atoms with Gasteiger partial charge in [0, 0.05) is 12.3 Å². The van der Waals surface area contributed by atoms with Crippen LogP contribution in [0.15, 0.2) is 59.6 Å². The summed E-state index contributed by atoms with van der Waals surface area (Å²) in [6.07, 6.45) is 0. The van der Waals surface area contributed by atoms with E-state index >= 15 is 0 Å². The Hall–Kier alpha value is -1.45. The summed E-state index contributed by atoms with van der Waals surface area (Å²) in [5, 5.41) is 4.35. The van der Waals surface area contributed by atoms with Gasteiger partial charge in [-0.3, -0.25) is 4.99 Å². The number of nitrogens with one attached hydrogen (secondary N) is 1. The molecule has 0 aromatic heterocycles. The number of nitrogens with zero attached hydrogens (tertiary/aromatic N) is 1. The van der Waals surface area contributed by atoms with Gasteiger partial charge in [0.1, 0.15) is 0 Å². The maximum atomic E-state index is 4.38. The number of hydrogen-bond acceptors (Lipinski definition) is 3. The van der Waals surface area contributed by atoms with E-state index in [1.807, 2.05) is 6.07 Å². The first-order chi connectivity index (χ1) is 9.42. The van der Waals surface area contributed by atoms with Crippen LogP contribution in [0.25, 0.3) is 11.1 Å². The van der Waals surface area contributed by atoms with Gasteiger partial charge in [-0.1, -0.05) is 66.4 Å². The lowest BCUT2D eigenvalue weighted by atomic mass is 10.0. The Morgan fingerprint density at radius 1 is 0.950 bits per heavy atom. The number of rotatable bonds is 3. The molecule has 3 rings (SSSR count). The third-order valence-corrected chi connectivity index (χ3v) is 4.10. The van der Waals surface area contributed by atoms with Crippen LogP contribution >= 0.6 is 24.2 Å². The molecule has 1 aliphatic heterocycles. The van der Waals surface area contributed by atoms with Crippen LogP contribution in [0.2, 0.25) is 0 Å². The van der Waals surface area contributed by atoms with Gasteiger partial charge >= 0.3 is 0 Å². The third kappa shape index (κ3) is 3.78. The molecule has 0 unspecified atom stereocenters. The topological polar surface area (TPSA) is 24.4 Å². The Kier molecular flexibility index (Phi) is 5.50. The average Bonchev–Trinajstić information content (AvgIpc) is 3.00. The van der Waals surface area contributed by atoms with Gasteiger partial charge in [-0.25, -0.2) is 0 Å². The van der Waals surface area contributed by atoms with Gasteiger partial charge in [-0.05, 0) is 16.7 Å². The molecule has 2 aromatic carbocycles. The number of amidine groups is 1. The molecule has 0 saturated carbocycles. The second kappa shape index (κ2) is 7.36. The summed E-state index contributed by atoms with van der Waals surface area (Å²) in [5.41, 5.74) is 3.87.